The molecule has 3 rings (SSSR count). The van der Waals surface area contributed by atoms with Gasteiger partial charge in [0.2, 0.25) is 0 Å². The van der Waals surface area contributed by atoms with Crippen molar-refractivity contribution >= 4 is 0 Å². The second kappa shape index (κ2) is 4.63. The van der Waals surface area contributed by atoms with Crippen LogP contribution >= 0.6 is 0 Å². The van der Waals surface area contributed by atoms with Gasteiger partial charge in [0.15, 0.2) is 11.6 Å². The Balaban J connectivity index is 1.83. The first kappa shape index (κ1) is 12.1. The molecule has 2 nitrogen and oxygen atoms in total. The van der Waals surface area contributed by atoms with Crippen LogP contribution in [0, 0.1) is 11.6 Å². The summed E-state index contributed by atoms with van der Waals surface area (Å²) in [4.78, 5) is 0. The third-order valence-electron chi connectivity index (χ3n) is 3.32. The zero-order valence-corrected chi connectivity index (χ0v) is 10.0. The zero-order chi connectivity index (χ0) is 13.4. The van der Waals surface area contributed by atoms with Crippen molar-refractivity contribution in [2.75, 3.05) is 0 Å². The summed E-state index contributed by atoms with van der Waals surface area (Å²) in [7, 11) is 0. The first-order chi connectivity index (χ1) is 9.15. The van der Waals surface area contributed by atoms with E-state index in [4.69, 9.17) is 4.74 Å². The van der Waals surface area contributed by atoms with E-state index in [0.29, 0.717) is 6.42 Å². The van der Waals surface area contributed by atoms with E-state index in [0.717, 1.165) is 23.3 Å². The molecule has 2 unspecified atom stereocenters. The van der Waals surface area contributed by atoms with Gasteiger partial charge in [-0.3, -0.25) is 0 Å². The Morgan fingerprint density at radius 3 is 2.63 bits per heavy atom. The fourth-order valence-corrected chi connectivity index (χ4v) is 2.38. The van der Waals surface area contributed by atoms with Gasteiger partial charge in [-0.05, 0) is 23.3 Å². The molecule has 0 saturated carbocycles. The van der Waals surface area contributed by atoms with Crippen LogP contribution in [0.2, 0.25) is 0 Å². The highest BCUT2D eigenvalue weighted by Gasteiger charge is 2.32. The van der Waals surface area contributed by atoms with Crippen molar-refractivity contribution in [2.24, 2.45) is 0 Å². The van der Waals surface area contributed by atoms with Crippen molar-refractivity contribution in [2.45, 2.75) is 18.6 Å². The van der Waals surface area contributed by atoms with Crippen molar-refractivity contribution in [3.8, 4) is 5.75 Å². The molecular weight excluding hydrogens is 250 g/mol. The first-order valence-electron chi connectivity index (χ1n) is 6.03. The average molecular weight is 262 g/mol. The minimum Gasteiger partial charge on any atom is -0.484 e. The number of aliphatic hydroxyl groups excluding tert-OH is 1. The molecule has 0 fully saturated rings. The normalized spacial score (nSPS) is 21.2. The van der Waals surface area contributed by atoms with Gasteiger partial charge in [0.05, 0.1) is 0 Å². The van der Waals surface area contributed by atoms with Crippen LogP contribution in [0.5, 0.6) is 5.75 Å². The molecule has 0 aromatic heterocycles. The summed E-state index contributed by atoms with van der Waals surface area (Å²) in [5.41, 5.74) is 1.79. The monoisotopic (exact) mass is 262 g/mol. The Kier molecular flexibility index (Phi) is 2.95. The molecule has 0 bridgehead atoms. The third-order valence-corrected chi connectivity index (χ3v) is 3.32. The van der Waals surface area contributed by atoms with Crippen LogP contribution in [0.25, 0.3) is 0 Å². The molecule has 1 N–H and O–H groups in total. The van der Waals surface area contributed by atoms with Crippen LogP contribution in [0.15, 0.2) is 42.5 Å². The lowest BCUT2D eigenvalue weighted by Gasteiger charge is -2.18. The molecule has 2 aromatic carbocycles. The molecule has 0 aliphatic heterocycles. The molecule has 0 amide bonds. The Morgan fingerprint density at radius 1 is 1.11 bits per heavy atom. The van der Waals surface area contributed by atoms with Crippen molar-refractivity contribution in [1.82, 2.24) is 0 Å². The van der Waals surface area contributed by atoms with Gasteiger partial charge in [0, 0.05) is 12.5 Å². The van der Waals surface area contributed by atoms with Crippen molar-refractivity contribution < 1.29 is 18.6 Å². The van der Waals surface area contributed by atoms with Crippen LogP contribution < -0.4 is 4.74 Å². The average Bonchev–Trinajstić information content (AvgIpc) is 2.70. The van der Waals surface area contributed by atoms with E-state index >= 15 is 0 Å². The van der Waals surface area contributed by atoms with Gasteiger partial charge in [-0.1, -0.05) is 24.3 Å². The summed E-state index contributed by atoms with van der Waals surface area (Å²) in [5, 5.41) is 10.1. The van der Waals surface area contributed by atoms with Gasteiger partial charge in [0.1, 0.15) is 18.0 Å². The number of ether oxygens (including phenoxy) is 1. The second-order valence-electron chi connectivity index (χ2n) is 4.58. The largest absolute Gasteiger partial charge is 0.484 e. The Bertz CT molecular complexity index is 613. The Labute approximate surface area is 109 Å². The number of aliphatic hydroxyl groups is 1. The fraction of sp³-hybridized carbons (Fsp3) is 0.200. The number of fused-ring (bicyclic) bond motifs is 1. The van der Waals surface area contributed by atoms with E-state index in [1.807, 2.05) is 24.3 Å². The maximum Gasteiger partial charge on any atom is 0.167 e. The van der Waals surface area contributed by atoms with E-state index in [2.05, 4.69) is 0 Å². The van der Waals surface area contributed by atoms with Gasteiger partial charge in [-0.15, -0.1) is 0 Å². The fourth-order valence-electron chi connectivity index (χ4n) is 2.38. The third kappa shape index (κ3) is 2.19. The number of rotatable bonds is 2. The lowest BCUT2D eigenvalue weighted by atomic mass is 10.1. The number of hydrogen-bond acceptors (Lipinski definition) is 2. The van der Waals surface area contributed by atoms with Crippen LogP contribution in [-0.2, 0) is 6.42 Å². The van der Waals surface area contributed by atoms with Gasteiger partial charge in [-0.25, -0.2) is 8.78 Å². The summed E-state index contributed by atoms with van der Waals surface area (Å²) in [5.74, 6) is -1.46. The summed E-state index contributed by atoms with van der Waals surface area (Å²) in [6.45, 7) is 0. The summed E-state index contributed by atoms with van der Waals surface area (Å²) >= 11 is 0. The minimum atomic E-state index is -0.791. The smallest absolute Gasteiger partial charge is 0.167 e. The van der Waals surface area contributed by atoms with E-state index in [1.54, 1.807) is 0 Å². The summed E-state index contributed by atoms with van der Waals surface area (Å²) in [6, 6.07) is 10.6. The van der Waals surface area contributed by atoms with Gasteiger partial charge in [-0.2, -0.15) is 0 Å². The van der Waals surface area contributed by atoms with Gasteiger partial charge < -0.3 is 9.84 Å². The predicted octanol–water partition coefficient (Wildman–Crippen LogP) is 3.00. The number of halogens is 2. The molecule has 1 aliphatic carbocycles. The SMILES string of the molecule is OC1c2ccccc2CC1Oc1ccc(F)cc1F. The topological polar surface area (TPSA) is 29.5 Å². The minimum absolute atomic E-state index is 0.0433. The lowest BCUT2D eigenvalue weighted by Crippen LogP contribution is -2.22. The van der Waals surface area contributed by atoms with Crippen molar-refractivity contribution in [1.29, 1.82) is 0 Å². The highest BCUT2D eigenvalue weighted by Crippen LogP contribution is 2.34. The predicted molar refractivity (Wildman–Crippen MR) is 65.9 cm³/mol. The second-order valence-corrected chi connectivity index (χ2v) is 4.58. The summed E-state index contributed by atoms with van der Waals surface area (Å²) < 4.78 is 31.8. The lowest BCUT2D eigenvalue weighted by molar-refractivity contribution is 0.0468. The molecule has 4 heteroatoms. The van der Waals surface area contributed by atoms with Crippen molar-refractivity contribution in [3.05, 3.63) is 65.2 Å². The quantitative estimate of drug-likeness (QED) is 0.901. The molecule has 98 valence electrons. The summed E-state index contributed by atoms with van der Waals surface area (Å²) in [6.07, 6.45) is -0.827. The molecule has 0 radical (unpaired) electrons. The molecule has 2 aromatic rings. The molecule has 0 heterocycles. The van der Waals surface area contributed by atoms with E-state index in [9.17, 15) is 13.9 Å². The molecule has 2 atom stereocenters. The van der Waals surface area contributed by atoms with E-state index < -0.39 is 23.8 Å². The van der Waals surface area contributed by atoms with E-state index in [1.165, 1.54) is 6.07 Å². The van der Waals surface area contributed by atoms with Crippen molar-refractivity contribution in [3.63, 3.8) is 0 Å². The standard InChI is InChI=1S/C15H12F2O2/c16-10-5-6-13(12(17)8-10)19-14-7-9-3-1-2-4-11(9)15(14)18/h1-6,8,14-15,18H,7H2. The van der Waals surface area contributed by atoms with Crippen LogP contribution in [0.3, 0.4) is 0 Å². The highest BCUT2D eigenvalue weighted by molar-refractivity contribution is 5.36. The van der Waals surface area contributed by atoms with Gasteiger partial charge >= 0.3 is 0 Å². The van der Waals surface area contributed by atoms with Crippen LogP contribution in [0.1, 0.15) is 17.2 Å². The maximum atomic E-state index is 13.5. The maximum absolute atomic E-state index is 13.5. The Morgan fingerprint density at radius 2 is 1.89 bits per heavy atom. The zero-order valence-electron chi connectivity index (χ0n) is 10.0. The molecule has 19 heavy (non-hydrogen) atoms. The first-order valence-corrected chi connectivity index (χ1v) is 6.03. The van der Waals surface area contributed by atoms with Crippen LogP contribution in [0.4, 0.5) is 8.78 Å². The molecule has 0 spiro atoms. The molecule has 1 aliphatic rings. The molecule has 0 saturated heterocycles. The highest BCUT2D eigenvalue weighted by atomic mass is 19.1. The van der Waals surface area contributed by atoms with E-state index in [-0.39, 0.29) is 5.75 Å². The van der Waals surface area contributed by atoms with Gasteiger partial charge in [0.25, 0.3) is 0 Å². The van der Waals surface area contributed by atoms with Crippen LogP contribution in [-0.4, -0.2) is 11.2 Å². The Hall–Kier alpha value is -1.94. The number of hydrogen-bond donors (Lipinski definition) is 1. The number of benzene rings is 2. The molecular formula is C15H12F2O2.